The van der Waals surface area contributed by atoms with Gasteiger partial charge in [-0.05, 0) is 46.3 Å². The molecule has 0 atom stereocenters. The summed E-state index contributed by atoms with van der Waals surface area (Å²) in [6.07, 6.45) is 0. The molecule has 2 aromatic rings. The zero-order valence-electron chi connectivity index (χ0n) is 10.0. The lowest BCUT2D eigenvalue weighted by Crippen LogP contribution is -2.14. The van der Waals surface area contributed by atoms with Gasteiger partial charge < -0.3 is 0 Å². The lowest BCUT2D eigenvalue weighted by molar-refractivity contribution is 0.572. The van der Waals surface area contributed by atoms with Crippen molar-refractivity contribution in [1.29, 1.82) is 0 Å². The van der Waals surface area contributed by atoms with E-state index in [1.165, 1.54) is 6.07 Å². The molecule has 1 N–H and O–H groups in total. The highest BCUT2D eigenvalue weighted by Crippen LogP contribution is 2.29. The van der Waals surface area contributed by atoms with E-state index in [1.807, 2.05) is 4.72 Å². The number of halogens is 5. The molecule has 21 heavy (non-hydrogen) atoms. The van der Waals surface area contributed by atoms with E-state index in [4.69, 9.17) is 23.2 Å². The zero-order chi connectivity index (χ0) is 15.8. The Labute approximate surface area is 138 Å². The number of hydrogen-bond acceptors (Lipinski definition) is 2. The van der Waals surface area contributed by atoms with Gasteiger partial charge >= 0.3 is 0 Å². The molecule has 0 spiro atoms. The van der Waals surface area contributed by atoms with Crippen LogP contribution < -0.4 is 4.72 Å². The normalized spacial score (nSPS) is 11.5. The third kappa shape index (κ3) is 3.66. The molecule has 0 fully saturated rings. The molecule has 0 radical (unpaired) electrons. The first kappa shape index (κ1) is 16.5. The van der Waals surface area contributed by atoms with Crippen molar-refractivity contribution < 1.29 is 17.2 Å². The Bertz CT molecular complexity index is 795. The topological polar surface area (TPSA) is 46.2 Å². The summed E-state index contributed by atoms with van der Waals surface area (Å²) < 4.78 is 52.8. The van der Waals surface area contributed by atoms with E-state index >= 15 is 0 Å². The second kappa shape index (κ2) is 6.08. The summed E-state index contributed by atoms with van der Waals surface area (Å²) in [7, 11) is -4.11. The van der Waals surface area contributed by atoms with Gasteiger partial charge in [0.25, 0.3) is 10.0 Å². The Morgan fingerprint density at radius 2 is 1.62 bits per heavy atom. The van der Waals surface area contributed by atoms with Crippen LogP contribution in [0, 0.1) is 11.6 Å². The third-order valence-corrected chi connectivity index (χ3v) is 4.93. The van der Waals surface area contributed by atoms with Crippen molar-refractivity contribution in [1.82, 2.24) is 0 Å². The van der Waals surface area contributed by atoms with Crippen LogP contribution in [-0.4, -0.2) is 8.42 Å². The molecule has 0 saturated heterocycles. The predicted octanol–water partition coefficient (Wildman–Crippen LogP) is 4.83. The van der Waals surface area contributed by atoms with Crippen LogP contribution in [0.15, 0.2) is 39.7 Å². The fraction of sp³-hybridized carbons (Fsp3) is 0. The van der Waals surface area contributed by atoms with Crippen molar-refractivity contribution in [2.24, 2.45) is 0 Å². The Hall–Kier alpha value is -0.890. The first-order valence-corrected chi connectivity index (χ1v) is 8.36. The molecule has 0 unspecified atom stereocenters. The van der Waals surface area contributed by atoms with Crippen LogP contribution in [0.4, 0.5) is 14.5 Å². The number of nitrogens with one attached hydrogen (secondary N) is 1. The van der Waals surface area contributed by atoms with Crippen molar-refractivity contribution in [2.45, 2.75) is 4.90 Å². The maximum atomic E-state index is 13.8. The molecule has 0 aliphatic rings. The Balaban J connectivity index is 2.45. The smallest absolute Gasteiger partial charge is 0.262 e. The number of benzene rings is 2. The van der Waals surface area contributed by atoms with Crippen LogP contribution in [0.25, 0.3) is 0 Å². The van der Waals surface area contributed by atoms with Gasteiger partial charge in [0.1, 0.15) is 5.82 Å². The summed E-state index contributed by atoms with van der Waals surface area (Å²) in [5.41, 5.74) is -0.403. The Morgan fingerprint density at radius 3 is 2.19 bits per heavy atom. The summed E-state index contributed by atoms with van der Waals surface area (Å²) >= 11 is 14.1. The second-order valence-electron chi connectivity index (χ2n) is 3.93. The lowest BCUT2D eigenvalue weighted by atomic mass is 10.3. The van der Waals surface area contributed by atoms with Gasteiger partial charge in [-0.15, -0.1) is 0 Å². The van der Waals surface area contributed by atoms with E-state index in [-0.39, 0.29) is 14.9 Å². The summed E-state index contributed by atoms with van der Waals surface area (Å²) in [6.45, 7) is 0. The largest absolute Gasteiger partial charge is 0.277 e. The predicted molar refractivity (Wildman–Crippen MR) is 81.3 cm³/mol. The molecule has 3 nitrogen and oxygen atoms in total. The van der Waals surface area contributed by atoms with Crippen molar-refractivity contribution in [2.75, 3.05) is 4.72 Å². The quantitative estimate of drug-likeness (QED) is 0.728. The first-order valence-electron chi connectivity index (χ1n) is 5.33. The first-order chi connectivity index (χ1) is 9.70. The van der Waals surface area contributed by atoms with Crippen molar-refractivity contribution in [3.05, 3.63) is 56.5 Å². The lowest BCUT2D eigenvalue weighted by Gasteiger charge is -2.10. The van der Waals surface area contributed by atoms with Gasteiger partial charge in [-0.2, -0.15) is 0 Å². The van der Waals surface area contributed by atoms with E-state index in [0.717, 1.165) is 24.3 Å². The standard InChI is InChI=1S/C12H6BrCl2F2NO2S/c13-11-9(16)1-2-10(12(11)17)18-21(19,20)8-4-6(14)3-7(15)5-8/h1-5,18H. The maximum absolute atomic E-state index is 13.8. The van der Waals surface area contributed by atoms with E-state index < -0.39 is 31.8 Å². The summed E-state index contributed by atoms with van der Waals surface area (Å²) in [5, 5.41) is 0.229. The molecule has 112 valence electrons. The minimum Gasteiger partial charge on any atom is -0.277 e. The highest BCUT2D eigenvalue weighted by Gasteiger charge is 2.19. The highest BCUT2D eigenvalue weighted by molar-refractivity contribution is 9.10. The third-order valence-electron chi connectivity index (χ3n) is 2.43. The molecule has 0 aliphatic carbocycles. The van der Waals surface area contributed by atoms with Crippen LogP contribution in [-0.2, 0) is 10.0 Å². The van der Waals surface area contributed by atoms with Crippen LogP contribution >= 0.6 is 39.1 Å². The van der Waals surface area contributed by atoms with Crippen molar-refractivity contribution in [3.8, 4) is 0 Å². The van der Waals surface area contributed by atoms with Gasteiger partial charge in [0, 0.05) is 10.0 Å². The van der Waals surface area contributed by atoms with Crippen molar-refractivity contribution >= 4 is 54.8 Å². The molecule has 0 saturated carbocycles. The van der Waals surface area contributed by atoms with Crippen LogP contribution in [0.5, 0.6) is 0 Å². The van der Waals surface area contributed by atoms with E-state index in [2.05, 4.69) is 15.9 Å². The minimum atomic E-state index is -4.11. The molecule has 9 heteroatoms. The molecule has 0 aliphatic heterocycles. The number of hydrogen-bond donors (Lipinski definition) is 1. The summed E-state index contributed by atoms with van der Waals surface area (Å²) in [5.74, 6) is -1.91. The average molecular weight is 417 g/mol. The highest BCUT2D eigenvalue weighted by atomic mass is 79.9. The Morgan fingerprint density at radius 1 is 1.05 bits per heavy atom. The van der Waals surface area contributed by atoms with Gasteiger partial charge in [0.2, 0.25) is 0 Å². The van der Waals surface area contributed by atoms with Gasteiger partial charge in [-0.25, -0.2) is 17.2 Å². The summed E-state index contributed by atoms with van der Waals surface area (Å²) in [6, 6.07) is 5.57. The van der Waals surface area contributed by atoms with E-state index in [9.17, 15) is 17.2 Å². The summed E-state index contributed by atoms with van der Waals surface area (Å²) in [4.78, 5) is -0.236. The molecule has 0 bridgehead atoms. The molecular formula is C12H6BrCl2F2NO2S. The molecular weight excluding hydrogens is 411 g/mol. The number of sulfonamides is 1. The van der Waals surface area contributed by atoms with Gasteiger partial charge in [0.05, 0.1) is 15.1 Å². The second-order valence-corrected chi connectivity index (χ2v) is 7.28. The van der Waals surface area contributed by atoms with E-state index in [0.29, 0.717) is 0 Å². The molecule has 2 rings (SSSR count). The van der Waals surface area contributed by atoms with Crippen molar-refractivity contribution in [3.63, 3.8) is 0 Å². The van der Waals surface area contributed by atoms with Crippen LogP contribution in [0.1, 0.15) is 0 Å². The fourth-order valence-corrected chi connectivity index (χ4v) is 3.62. The maximum Gasteiger partial charge on any atom is 0.262 e. The van der Waals surface area contributed by atoms with E-state index in [1.54, 1.807) is 0 Å². The molecule has 2 aromatic carbocycles. The number of anilines is 1. The minimum absolute atomic E-state index is 0.114. The van der Waals surface area contributed by atoms with Gasteiger partial charge in [-0.1, -0.05) is 23.2 Å². The molecule has 0 heterocycles. The fourth-order valence-electron chi connectivity index (χ4n) is 1.49. The Kier molecular flexibility index (Phi) is 4.77. The molecule has 0 aromatic heterocycles. The van der Waals surface area contributed by atoms with Gasteiger partial charge in [-0.3, -0.25) is 4.72 Å². The zero-order valence-corrected chi connectivity index (χ0v) is 13.9. The van der Waals surface area contributed by atoms with Crippen LogP contribution in [0.3, 0.4) is 0 Å². The average Bonchev–Trinajstić information content (AvgIpc) is 2.38. The number of rotatable bonds is 3. The van der Waals surface area contributed by atoms with Crippen LogP contribution in [0.2, 0.25) is 10.0 Å². The SMILES string of the molecule is O=S(=O)(Nc1ccc(F)c(Br)c1F)c1cc(Cl)cc(Cl)c1. The monoisotopic (exact) mass is 415 g/mol. The molecule has 0 amide bonds. The van der Waals surface area contributed by atoms with Gasteiger partial charge in [0.15, 0.2) is 5.82 Å².